The third kappa shape index (κ3) is 5.14. The van der Waals surface area contributed by atoms with Crippen LogP contribution in [0, 0.1) is 0 Å². The number of hydrogen-bond donors (Lipinski definition) is 3. The van der Waals surface area contributed by atoms with Gasteiger partial charge < -0.3 is 10.6 Å². The van der Waals surface area contributed by atoms with Gasteiger partial charge in [-0.3, -0.25) is 15.0 Å². The maximum atomic E-state index is 11.5. The van der Waals surface area contributed by atoms with Crippen LogP contribution in [0.1, 0.15) is 19.8 Å². The van der Waals surface area contributed by atoms with Crippen LogP contribution in [-0.4, -0.2) is 56.1 Å². The molecule has 6 heteroatoms. The van der Waals surface area contributed by atoms with Crippen molar-refractivity contribution in [3.63, 3.8) is 0 Å². The van der Waals surface area contributed by atoms with Crippen molar-refractivity contribution in [1.29, 1.82) is 0 Å². The topological polar surface area (TPSA) is 73.5 Å². The van der Waals surface area contributed by atoms with Gasteiger partial charge in [-0.2, -0.15) is 0 Å². The molecule has 1 fully saturated rings. The van der Waals surface area contributed by atoms with Crippen molar-refractivity contribution in [3.8, 4) is 0 Å². The molecule has 3 N–H and O–H groups in total. The van der Waals surface area contributed by atoms with Crippen LogP contribution < -0.4 is 16.0 Å². The van der Waals surface area contributed by atoms with E-state index in [0.717, 1.165) is 25.9 Å². The second-order valence-electron chi connectivity index (χ2n) is 4.37. The SMILES string of the molecule is CCCNC(=O)NC(=O)CN(C)C1CCNC1. The predicted molar refractivity (Wildman–Crippen MR) is 65.7 cm³/mol. The van der Waals surface area contributed by atoms with Crippen LogP contribution in [0.5, 0.6) is 0 Å². The number of urea groups is 1. The van der Waals surface area contributed by atoms with Crippen LogP contribution in [0.25, 0.3) is 0 Å². The normalized spacial score (nSPS) is 19.4. The molecule has 6 nitrogen and oxygen atoms in total. The Bertz CT molecular complexity index is 264. The van der Waals surface area contributed by atoms with E-state index in [1.54, 1.807) is 0 Å². The molecular formula is C11H22N4O2. The van der Waals surface area contributed by atoms with Crippen LogP contribution in [0.4, 0.5) is 4.79 Å². The number of hydrogen-bond acceptors (Lipinski definition) is 4. The van der Waals surface area contributed by atoms with Crippen molar-refractivity contribution in [2.24, 2.45) is 0 Å². The third-order valence-corrected chi connectivity index (χ3v) is 2.84. The van der Waals surface area contributed by atoms with Crippen molar-refractivity contribution in [2.75, 3.05) is 33.2 Å². The van der Waals surface area contributed by atoms with Crippen molar-refractivity contribution in [2.45, 2.75) is 25.8 Å². The average molecular weight is 242 g/mol. The highest BCUT2D eigenvalue weighted by atomic mass is 16.2. The van der Waals surface area contributed by atoms with E-state index < -0.39 is 6.03 Å². The number of imide groups is 1. The molecule has 98 valence electrons. The van der Waals surface area contributed by atoms with E-state index in [2.05, 4.69) is 16.0 Å². The fraction of sp³-hybridized carbons (Fsp3) is 0.818. The van der Waals surface area contributed by atoms with Gasteiger partial charge in [0, 0.05) is 19.1 Å². The van der Waals surface area contributed by atoms with Crippen molar-refractivity contribution in [1.82, 2.24) is 20.9 Å². The molecule has 1 atom stereocenters. The summed E-state index contributed by atoms with van der Waals surface area (Å²) in [4.78, 5) is 24.8. The highest BCUT2D eigenvalue weighted by molar-refractivity contribution is 5.95. The first-order valence-electron chi connectivity index (χ1n) is 6.12. The Balaban J connectivity index is 2.21. The molecule has 1 aliphatic rings. The summed E-state index contributed by atoms with van der Waals surface area (Å²) in [7, 11) is 1.90. The zero-order chi connectivity index (χ0) is 12.7. The summed E-state index contributed by atoms with van der Waals surface area (Å²) in [6.07, 6.45) is 1.90. The van der Waals surface area contributed by atoms with Gasteiger partial charge in [-0.25, -0.2) is 4.79 Å². The highest BCUT2D eigenvalue weighted by Crippen LogP contribution is 2.04. The van der Waals surface area contributed by atoms with Gasteiger partial charge in [-0.1, -0.05) is 6.92 Å². The largest absolute Gasteiger partial charge is 0.338 e. The van der Waals surface area contributed by atoms with Crippen molar-refractivity contribution >= 4 is 11.9 Å². The Morgan fingerprint density at radius 3 is 2.82 bits per heavy atom. The molecule has 0 bridgehead atoms. The highest BCUT2D eigenvalue weighted by Gasteiger charge is 2.21. The van der Waals surface area contributed by atoms with E-state index >= 15 is 0 Å². The molecule has 1 aliphatic heterocycles. The number of carbonyl (C=O) groups is 2. The molecule has 3 amide bonds. The molecule has 1 saturated heterocycles. The van der Waals surface area contributed by atoms with Gasteiger partial charge in [0.1, 0.15) is 0 Å². The lowest BCUT2D eigenvalue weighted by Gasteiger charge is -2.22. The molecule has 0 aromatic rings. The zero-order valence-corrected chi connectivity index (χ0v) is 10.6. The fourth-order valence-electron chi connectivity index (χ4n) is 1.82. The first-order chi connectivity index (χ1) is 8.13. The Hall–Kier alpha value is -1.14. The molecule has 0 spiro atoms. The van der Waals surface area contributed by atoms with Crippen LogP contribution in [0.15, 0.2) is 0 Å². The van der Waals surface area contributed by atoms with E-state index in [1.807, 2.05) is 18.9 Å². The second kappa shape index (κ2) is 7.24. The smallest absolute Gasteiger partial charge is 0.321 e. The number of carbonyl (C=O) groups excluding carboxylic acids is 2. The van der Waals surface area contributed by atoms with Gasteiger partial charge in [0.2, 0.25) is 5.91 Å². The minimum absolute atomic E-state index is 0.256. The summed E-state index contributed by atoms with van der Waals surface area (Å²) in [5.41, 5.74) is 0. The van der Waals surface area contributed by atoms with E-state index in [1.165, 1.54) is 0 Å². The second-order valence-corrected chi connectivity index (χ2v) is 4.37. The monoisotopic (exact) mass is 242 g/mol. The molecule has 17 heavy (non-hydrogen) atoms. The maximum absolute atomic E-state index is 11.5. The molecule has 1 unspecified atom stereocenters. The van der Waals surface area contributed by atoms with Crippen LogP contribution >= 0.6 is 0 Å². The summed E-state index contributed by atoms with van der Waals surface area (Å²) >= 11 is 0. The Morgan fingerprint density at radius 1 is 1.47 bits per heavy atom. The minimum Gasteiger partial charge on any atom is -0.338 e. The lowest BCUT2D eigenvalue weighted by Crippen LogP contribution is -2.46. The Labute approximate surface area is 102 Å². The lowest BCUT2D eigenvalue weighted by atomic mass is 10.2. The minimum atomic E-state index is -0.408. The molecule has 0 aliphatic carbocycles. The van der Waals surface area contributed by atoms with E-state index in [4.69, 9.17) is 0 Å². The van der Waals surface area contributed by atoms with Crippen LogP contribution in [0.3, 0.4) is 0 Å². The van der Waals surface area contributed by atoms with Crippen molar-refractivity contribution in [3.05, 3.63) is 0 Å². The third-order valence-electron chi connectivity index (χ3n) is 2.84. The summed E-state index contributed by atoms with van der Waals surface area (Å²) in [5, 5.41) is 8.16. The zero-order valence-electron chi connectivity index (χ0n) is 10.6. The number of amides is 3. The maximum Gasteiger partial charge on any atom is 0.321 e. The Morgan fingerprint density at radius 2 is 2.24 bits per heavy atom. The number of nitrogens with one attached hydrogen (secondary N) is 3. The Kier molecular flexibility index (Phi) is 5.93. The molecular weight excluding hydrogens is 220 g/mol. The predicted octanol–water partition coefficient (Wildman–Crippen LogP) is -0.484. The molecule has 1 rings (SSSR count). The lowest BCUT2D eigenvalue weighted by molar-refractivity contribution is -0.121. The van der Waals surface area contributed by atoms with Gasteiger partial charge in [0.25, 0.3) is 0 Å². The first kappa shape index (κ1) is 13.9. The molecule has 0 aromatic heterocycles. The van der Waals surface area contributed by atoms with Gasteiger partial charge in [-0.15, -0.1) is 0 Å². The van der Waals surface area contributed by atoms with Gasteiger partial charge >= 0.3 is 6.03 Å². The van der Waals surface area contributed by atoms with Crippen molar-refractivity contribution < 1.29 is 9.59 Å². The van der Waals surface area contributed by atoms with Crippen LogP contribution in [-0.2, 0) is 4.79 Å². The average Bonchev–Trinajstić information content (AvgIpc) is 2.79. The summed E-state index contributed by atoms with van der Waals surface area (Å²) < 4.78 is 0. The van der Waals surface area contributed by atoms with Gasteiger partial charge in [0.15, 0.2) is 0 Å². The quantitative estimate of drug-likeness (QED) is 0.608. The van der Waals surface area contributed by atoms with Gasteiger partial charge in [-0.05, 0) is 26.4 Å². The summed E-state index contributed by atoms with van der Waals surface area (Å²) in [6, 6.07) is -0.0192. The molecule has 0 aromatic carbocycles. The van der Waals surface area contributed by atoms with E-state index in [9.17, 15) is 9.59 Å². The molecule has 0 radical (unpaired) electrons. The molecule has 0 saturated carbocycles. The van der Waals surface area contributed by atoms with E-state index in [-0.39, 0.29) is 12.5 Å². The standard InChI is InChI=1S/C11H22N4O2/c1-3-5-13-11(17)14-10(16)8-15(2)9-4-6-12-7-9/h9,12H,3-8H2,1-2H3,(H2,13,14,16,17). The van der Waals surface area contributed by atoms with Gasteiger partial charge in [0.05, 0.1) is 6.54 Å². The summed E-state index contributed by atoms with van der Waals surface area (Å²) in [5.74, 6) is -0.256. The fourth-order valence-corrected chi connectivity index (χ4v) is 1.82. The first-order valence-corrected chi connectivity index (χ1v) is 6.12. The number of nitrogens with zero attached hydrogens (tertiary/aromatic N) is 1. The van der Waals surface area contributed by atoms with E-state index in [0.29, 0.717) is 12.6 Å². The number of rotatable bonds is 5. The van der Waals surface area contributed by atoms with Crippen LogP contribution in [0.2, 0.25) is 0 Å². The number of likely N-dealkylation sites (N-methyl/N-ethyl adjacent to an activating group) is 1. The molecule has 1 heterocycles. The summed E-state index contributed by atoms with van der Waals surface area (Å²) in [6.45, 7) is 4.70.